The first kappa shape index (κ1) is 15.5. The van der Waals surface area contributed by atoms with Gasteiger partial charge in [-0.1, -0.05) is 27.7 Å². The van der Waals surface area contributed by atoms with E-state index in [-0.39, 0.29) is 6.42 Å². The van der Waals surface area contributed by atoms with Crippen LogP contribution in [0.2, 0.25) is 0 Å². The Hall–Kier alpha value is -0.550. The van der Waals surface area contributed by atoms with Gasteiger partial charge in [0.2, 0.25) is 0 Å². The second-order valence-corrected chi connectivity index (χ2v) is 7.56. The highest BCUT2D eigenvalue weighted by atomic mass is 32.2. The first-order valence-corrected chi connectivity index (χ1v) is 8.08. The maximum Gasteiger partial charge on any atom is 0.303 e. The predicted molar refractivity (Wildman–Crippen MR) is 78.6 cm³/mol. The monoisotopic (exact) mass is 287 g/mol. The van der Waals surface area contributed by atoms with Gasteiger partial charge in [0, 0.05) is 10.6 Å². The lowest BCUT2D eigenvalue weighted by Gasteiger charge is -2.03. The normalized spacial score (nSPS) is 11.4. The van der Waals surface area contributed by atoms with Crippen LogP contribution in [0.3, 0.4) is 0 Å². The smallest absolute Gasteiger partial charge is 0.303 e. The van der Waals surface area contributed by atoms with Crippen molar-refractivity contribution in [2.45, 2.75) is 57.5 Å². The molecule has 0 fully saturated rings. The molecule has 0 atom stereocenters. The molecule has 0 unspecified atom stereocenters. The molecular weight excluding hydrogens is 266 g/mol. The van der Waals surface area contributed by atoms with Gasteiger partial charge in [-0.05, 0) is 17.6 Å². The van der Waals surface area contributed by atoms with Gasteiger partial charge in [0.05, 0.1) is 12.1 Å². The molecule has 1 rings (SSSR count). The zero-order valence-corrected chi connectivity index (χ0v) is 13.0. The number of aliphatic carboxylic acids is 1. The molecule has 0 amide bonds. The van der Waals surface area contributed by atoms with Crippen molar-refractivity contribution in [1.82, 2.24) is 4.98 Å². The van der Waals surface area contributed by atoms with Gasteiger partial charge >= 0.3 is 5.97 Å². The number of carbonyl (C=O) groups is 1. The molecule has 0 radical (unpaired) electrons. The van der Waals surface area contributed by atoms with Gasteiger partial charge in [0.1, 0.15) is 5.01 Å². The van der Waals surface area contributed by atoms with Crippen molar-refractivity contribution >= 4 is 29.1 Å². The number of aromatic nitrogens is 1. The third-order valence-electron chi connectivity index (χ3n) is 2.42. The fourth-order valence-corrected chi connectivity index (χ4v) is 3.56. The van der Waals surface area contributed by atoms with Crippen molar-refractivity contribution in [2.24, 2.45) is 0 Å². The van der Waals surface area contributed by atoms with Crippen LogP contribution >= 0.6 is 23.1 Å². The van der Waals surface area contributed by atoms with Gasteiger partial charge in [-0.3, -0.25) is 4.79 Å². The fourth-order valence-electron chi connectivity index (χ4n) is 1.56. The van der Waals surface area contributed by atoms with Gasteiger partial charge in [0.25, 0.3) is 0 Å². The van der Waals surface area contributed by atoms with E-state index in [1.807, 2.05) is 11.8 Å². The van der Waals surface area contributed by atoms with Crippen LogP contribution in [0.4, 0.5) is 0 Å². The van der Waals surface area contributed by atoms with Crippen LogP contribution in [-0.2, 0) is 17.0 Å². The molecule has 18 heavy (non-hydrogen) atoms. The van der Waals surface area contributed by atoms with Crippen molar-refractivity contribution in [3.05, 3.63) is 15.6 Å². The fraction of sp³-hybridized carbons (Fsp3) is 0.692. The quantitative estimate of drug-likeness (QED) is 0.825. The molecule has 1 N–H and O–H groups in total. The van der Waals surface area contributed by atoms with E-state index in [9.17, 15) is 4.79 Å². The lowest BCUT2D eigenvalue weighted by molar-refractivity contribution is -0.136. The summed E-state index contributed by atoms with van der Waals surface area (Å²) < 4.78 is 0. The number of aryl methyl sites for hydroxylation is 1. The topological polar surface area (TPSA) is 50.2 Å². The molecule has 0 bridgehead atoms. The summed E-state index contributed by atoms with van der Waals surface area (Å²) >= 11 is 3.55. The zero-order chi connectivity index (χ0) is 13.7. The Labute approximate surface area is 117 Å². The molecule has 0 aliphatic heterocycles. The number of thiazole rings is 1. The molecule has 0 saturated heterocycles. The molecule has 0 aliphatic carbocycles. The second kappa shape index (κ2) is 7.14. The molecule has 5 heteroatoms. The van der Waals surface area contributed by atoms with Gasteiger partial charge in [-0.2, -0.15) is 11.8 Å². The Balaban J connectivity index is 2.76. The van der Waals surface area contributed by atoms with E-state index < -0.39 is 5.97 Å². The Morgan fingerprint density at radius 2 is 2.06 bits per heavy atom. The van der Waals surface area contributed by atoms with E-state index in [4.69, 9.17) is 5.11 Å². The molecule has 3 nitrogen and oxygen atoms in total. The van der Waals surface area contributed by atoms with E-state index in [0.717, 1.165) is 21.3 Å². The Kier molecular flexibility index (Phi) is 6.15. The van der Waals surface area contributed by atoms with Crippen LogP contribution in [0, 0.1) is 0 Å². The summed E-state index contributed by atoms with van der Waals surface area (Å²) in [5.41, 5.74) is 1.08. The van der Waals surface area contributed by atoms with Gasteiger partial charge in [0.15, 0.2) is 0 Å². The van der Waals surface area contributed by atoms with E-state index in [2.05, 4.69) is 32.7 Å². The van der Waals surface area contributed by atoms with Crippen molar-refractivity contribution in [3.8, 4) is 0 Å². The molecule has 102 valence electrons. The summed E-state index contributed by atoms with van der Waals surface area (Å²) in [5.74, 6) is 0.550. The molecule has 1 heterocycles. The number of rotatable bonds is 7. The van der Waals surface area contributed by atoms with Crippen molar-refractivity contribution < 1.29 is 9.90 Å². The Bertz CT molecular complexity index is 400. The predicted octanol–water partition coefficient (Wildman–Crippen LogP) is 3.93. The number of hydrogen-bond donors (Lipinski definition) is 1. The average molecular weight is 287 g/mol. The van der Waals surface area contributed by atoms with Crippen molar-refractivity contribution in [3.63, 3.8) is 0 Å². The number of nitrogens with zero attached hydrogens (tertiary/aromatic N) is 1. The van der Waals surface area contributed by atoms with Gasteiger partial charge in [-0.15, -0.1) is 11.3 Å². The maximum absolute atomic E-state index is 10.7. The zero-order valence-electron chi connectivity index (χ0n) is 11.4. The molecular formula is C13H21NO2S2. The number of hydrogen-bond acceptors (Lipinski definition) is 4. The minimum atomic E-state index is -0.740. The minimum absolute atomic E-state index is 0.193. The third kappa shape index (κ3) is 4.98. The number of thioether (sulfide) groups is 1. The Morgan fingerprint density at radius 3 is 2.56 bits per heavy atom. The SMILES string of the molecule is CC(C)SCc1nc(C(C)C)c(CCC(=O)O)s1. The first-order chi connectivity index (χ1) is 8.40. The average Bonchev–Trinajstić information content (AvgIpc) is 2.67. The highest BCUT2D eigenvalue weighted by molar-refractivity contribution is 7.99. The van der Waals surface area contributed by atoms with Crippen molar-refractivity contribution in [2.75, 3.05) is 0 Å². The summed E-state index contributed by atoms with van der Waals surface area (Å²) in [4.78, 5) is 16.5. The lowest BCUT2D eigenvalue weighted by atomic mass is 10.1. The second-order valence-electron chi connectivity index (χ2n) is 4.82. The summed E-state index contributed by atoms with van der Waals surface area (Å²) in [6, 6.07) is 0. The largest absolute Gasteiger partial charge is 0.481 e. The number of carboxylic acid groups (broad SMARTS) is 1. The molecule has 0 spiro atoms. The molecule has 1 aromatic rings. The first-order valence-electron chi connectivity index (χ1n) is 6.22. The van der Waals surface area contributed by atoms with E-state index in [1.54, 1.807) is 11.3 Å². The van der Waals surface area contributed by atoms with E-state index in [1.165, 1.54) is 0 Å². The summed E-state index contributed by atoms with van der Waals surface area (Å²) in [5, 5.41) is 10.5. The van der Waals surface area contributed by atoms with Crippen LogP contribution < -0.4 is 0 Å². The van der Waals surface area contributed by atoms with E-state index in [0.29, 0.717) is 17.6 Å². The Morgan fingerprint density at radius 1 is 1.39 bits per heavy atom. The summed E-state index contributed by atoms with van der Waals surface area (Å²) in [6.45, 7) is 8.57. The highest BCUT2D eigenvalue weighted by Crippen LogP contribution is 2.29. The standard InChI is InChI=1S/C13H21NO2S2/c1-8(2)13-10(5-6-12(15)16)18-11(14-13)7-17-9(3)4/h8-9H,5-7H2,1-4H3,(H,15,16). The minimum Gasteiger partial charge on any atom is -0.481 e. The maximum atomic E-state index is 10.7. The molecule has 0 saturated carbocycles. The molecule has 0 aromatic carbocycles. The van der Waals surface area contributed by atoms with Gasteiger partial charge in [-0.25, -0.2) is 4.98 Å². The summed E-state index contributed by atoms with van der Waals surface area (Å²) in [7, 11) is 0. The van der Waals surface area contributed by atoms with Crippen LogP contribution in [-0.4, -0.2) is 21.3 Å². The van der Waals surface area contributed by atoms with Crippen LogP contribution in [0.1, 0.15) is 55.6 Å². The number of carboxylic acids is 1. The van der Waals surface area contributed by atoms with Gasteiger partial charge < -0.3 is 5.11 Å². The van der Waals surface area contributed by atoms with E-state index >= 15 is 0 Å². The van der Waals surface area contributed by atoms with Crippen molar-refractivity contribution in [1.29, 1.82) is 0 Å². The highest BCUT2D eigenvalue weighted by Gasteiger charge is 2.15. The lowest BCUT2D eigenvalue weighted by Crippen LogP contribution is -1.99. The third-order valence-corrected chi connectivity index (χ3v) is 4.85. The van der Waals surface area contributed by atoms with Crippen LogP contribution in [0.25, 0.3) is 0 Å². The van der Waals surface area contributed by atoms with Crippen LogP contribution in [0.15, 0.2) is 0 Å². The molecule has 0 aliphatic rings. The van der Waals surface area contributed by atoms with Crippen LogP contribution in [0.5, 0.6) is 0 Å². The molecule has 1 aromatic heterocycles. The summed E-state index contributed by atoms with van der Waals surface area (Å²) in [6.07, 6.45) is 0.797.